The topological polar surface area (TPSA) is 18.5 Å². The Hall–Kier alpha value is -1.64. The zero-order valence-electron chi connectivity index (χ0n) is 15.2. The lowest BCUT2D eigenvalue weighted by molar-refractivity contribution is -0.0859. The first-order valence-corrected chi connectivity index (χ1v) is 9.61. The van der Waals surface area contributed by atoms with Crippen LogP contribution in [-0.2, 0) is 14.9 Å². The molecule has 2 aromatic carbocycles. The predicted octanol–water partition coefficient (Wildman–Crippen LogP) is 4.93. The zero-order chi connectivity index (χ0) is 17.0. The van der Waals surface area contributed by atoms with Crippen LogP contribution in [0.3, 0.4) is 0 Å². The molecule has 0 amide bonds. The van der Waals surface area contributed by atoms with E-state index in [0.717, 1.165) is 26.1 Å². The molecular formula is C23H26O2. The van der Waals surface area contributed by atoms with Gasteiger partial charge in [0, 0.05) is 18.6 Å². The third-order valence-electron chi connectivity index (χ3n) is 6.41. The van der Waals surface area contributed by atoms with Crippen molar-refractivity contribution in [3.05, 3.63) is 58.7 Å². The van der Waals surface area contributed by atoms with Gasteiger partial charge in [0.2, 0.25) is 0 Å². The molecule has 2 saturated heterocycles. The first-order valence-electron chi connectivity index (χ1n) is 9.61. The molecule has 2 heterocycles. The van der Waals surface area contributed by atoms with Crippen molar-refractivity contribution in [2.45, 2.75) is 57.2 Å². The van der Waals surface area contributed by atoms with Gasteiger partial charge in [-0.05, 0) is 61.8 Å². The van der Waals surface area contributed by atoms with Gasteiger partial charge in [-0.15, -0.1) is 0 Å². The van der Waals surface area contributed by atoms with Gasteiger partial charge in [-0.25, -0.2) is 0 Å². The van der Waals surface area contributed by atoms with Crippen molar-refractivity contribution in [3.8, 4) is 11.1 Å². The summed E-state index contributed by atoms with van der Waals surface area (Å²) >= 11 is 0. The Labute approximate surface area is 150 Å². The van der Waals surface area contributed by atoms with Crippen LogP contribution in [0.4, 0.5) is 0 Å². The van der Waals surface area contributed by atoms with Crippen LogP contribution in [0.15, 0.2) is 36.4 Å². The van der Waals surface area contributed by atoms with Crippen LogP contribution in [0, 0.1) is 13.8 Å². The van der Waals surface area contributed by atoms with Crippen LogP contribution in [-0.4, -0.2) is 25.4 Å². The Balaban J connectivity index is 1.71. The van der Waals surface area contributed by atoms with Gasteiger partial charge in [0.05, 0.1) is 12.2 Å². The highest BCUT2D eigenvalue weighted by Gasteiger charge is 2.47. The van der Waals surface area contributed by atoms with Gasteiger partial charge < -0.3 is 9.47 Å². The van der Waals surface area contributed by atoms with E-state index in [0.29, 0.717) is 12.2 Å². The highest BCUT2D eigenvalue weighted by molar-refractivity contribution is 5.81. The van der Waals surface area contributed by atoms with Gasteiger partial charge >= 0.3 is 0 Å². The molecule has 1 aliphatic carbocycles. The molecule has 3 aliphatic rings. The molecular weight excluding hydrogens is 308 g/mol. The molecule has 0 bridgehead atoms. The number of benzene rings is 2. The van der Waals surface area contributed by atoms with Crippen LogP contribution in [0.5, 0.6) is 0 Å². The van der Waals surface area contributed by atoms with Crippen molar-refractivity contribution < 1.29 is 9.47 Å². The zero-order valence-corrected chi connectivity index (χ0v) is 15.2. The standard InChI is InChI=1S/C23H26O2/c1-15-3-5-19-20-6-4-16(2)12-22(20)23(21(19)11-15,13-17-7-9-24-17)14-18-8-10-25-18/h3-6,11-12,17-18H,7-10,13-14H2,1-2H3. The largest absolute Gasteiger partial charge is 0.378 e. The minimum absolute atomic E-state index is 0.0406. The fourth-order valence-corrected chi connectivity index (χ4v) is 4.91. The van der Waals surface area contributed by atoms with Crippen molar-refractivity contribution >= 4 is 0 Å². The summed E-state index contributed by atoms with van der Waals surface area (Å²) in [4.78, 5) is 0. The second-order valence-corrected chi connectivity index (χ2v) is 8.15. The van der Waals surface area contributed by atoms with E-state index in [1.165, 1.54) is 46.2 Å². The van der Waals surface area contributed by atoms with Gasteiger partial charge in [-0.1, -0.05) is 47.5 Å². The summed E-state index contributed by atoms with van der Waals surface area (Å²) in [5, 5.41) is 0. The molecule has 2 aromatic rings. The maximum absolute atomic E-state index is 5.90. The molecule has 2 nitrogen and oxygen atoms in total. The average molecular weight is 334 g/mol. The Morgan fingerprint density at radius 2 is 1.24 bits per heavy atom. The highest BCUT2D eigenvalue weighted by Crippen LogP contribution is 2.55. The van der Waals surface area contributed by atoms with Crippen LogP contribution in [0.25, 0.3) is 11.1 Å². The first-order chi connectivity index (χ1) is 12.2. The molecule has 5 rings (SSSR count). The summed E-state index contributed by atoms with van der Waals surface area (Å²) in [7, 11) is 0. The van der Waals surface area contributed by atoms with E-state index >= 15 is 0 Å². The molecule has 2 atom stereocenters. The van der Waals surface area contributed by atoms with Gasteiger partial charge in [0.15, 0.2) is 0 Å². The van der Waals surface area contributed by atoms with E-state index in [-0.39, 0.29) is 5.41 Å². The van der Waals surface area contributed by atoms with Crippen LogP contribution in [0.2, 0.25) is 0 Å². The van der Waals surface area contributed by atoms with Crippen molar-refractivity contribution in [2.75, 3.05) is 13.2 Å². The number of aryl methyl sites for hydroxylation is 2. The average Bonchev–Trinajstić information content (AvgIpc) is 2.77. The maximum Gasteiger partial charge on any atom is 0.0608 e. The second-order valence-electron chi connectivity index (χ2n) is 8.15. The molecule has 2 fully saturated rings. The molecule has 0 aromatic heterocycles. The lowest BCUT2D eigenvalue weighted by Crippen LogP contribution is -2.42. The van der Waals surface area contributed by atoms with Gasteiger partial charge in [-0.3, -0.25) is 0 Å². The predicted molar refractivity (Wildman–Crippen MR) is 100 cm³/mol. The van der Waals surface area contributed by atoms with Crippen molar-refractivity contribution in [2.24, 2.45) is 0 Å². The van der Waals surface area contributed by atoms with Crippen molar-refractivity contribution in [1.82, 2.24) is 0 Å². The quantitative estimate of drug-likeness (QED) is 0.789. The van der Waals surface area contributed by atoms with Crippen molar-refractivity contribution in [1.29, 1.82) is 0 Å². The lowest BCUT2D eigenvalue weighted by Gasteiger charge is -2.42. The summed E-state index contributed by atoms with van der Waals surface area (Å²) in [5.74, 6) is 0. The summed E-state index contributed by atoms with van der Waals surface area (Å²) in [6.45, 7) is 6.25. The Morgan fingerprint density at radius 1 is 0.800 bits per heavy atom. The summed E-state index contributed by atoms with van der Waals surface area (Å²) in [5.41, 5.74) is 8.56. The molecule has 130 valence electrons. The van der Waals surface area contributed by atoms with E-state index in [9.17, 15) is 0 Å². The van der Waals surface area contributed by atoms with E-state index in [1.807, 2.05) is 0 Å². The molecule has 25 heavy (non-hydrogen) atoms. The normalized spacial score (nSPS) is 25.7. The molecule has 2 unspecified atom stereocenters. The van der Waals surface area contributed by atoms with Crippen LogP contribution < -0.4 is 0 Å². The smallest absolute Gasteiger partial charge is 0.0608 e. The molecule has 0 spiro atoms. The number of rotatable bonds is 4. The molecule has 0 N–H and O–H groups in total. The number of hydrogen-bond acceptors (Lipinski definition) is 2. The first kappa shape index (κ1) is 15.6. The van der Waals surface area contributed by atoms with Crippen LogP contribution in [0.1, 0.15) is 47.9 Å². The monoisotopic (exact) mass is 334 g/mol. The third kappa shape index (κ3) is 2.38. The van der Waals surface area contributed by atoms with Gasteiger partial charge in [-0.2, -0.15) is 0 Å². The Kier molecular flexibility index (Phi) is 3.55. The fourth-order valence-electron chi connectivity index (χ4n) is 4.91. The van der Waals surface area contributed by atoms with E-state index in [1.54, 1.807) is 0 Å². The molecule has 0 saturated carbocycles. The number of hydrogen-bond donors (Lipinski definition) is 0. The highest BCUT2D eigenvalue weighted by atomic mass is 16.5. The van der Waals surface area contributed by atoms with Gasteiger partial charge in [0.1, 0.15) is 0 Å². The summed E-state index contributed by atoms with van der Waals surface area (Å²) in [6.07, 6.45) is 5.32. The number of ether oxygens (including phenoxy) is 2. The van der Waals surface area contributed by atoms with E-state index < -0.39 is 0 Å². The van der Waals surface area contributed by atoms with Crippen LogP contribution >= 0.6 is 0 Å². The van der Waals surface area contributed by atoms with E-state index in [2.05, 4.69) is 50.2 Å². The fraction of sp³-hybridized carbons (Fsp3) is 0.478. The summed E-state index contributed by atoms with van der Waals surface area (Å²) < 4.78 is 11.8. The minimum atomic E-state index is 0.0406. The molecule has 0 radical (unpaired) electrons. The SMILES string of the molecule is Cc1ccc2c(c1)C(CC1CCO1)(CC1CCO1)c1cc(C)ccc1-2. The third-order valence-corrected chi connectivity index (χ3v) is 6.41. The number of fused-ring (bicyclic) bond motifs is 3. The van der Waals surface area contributed by atoms with Crippen molar-refractivity contribution in [3.63, 3.8) is 0 Å². The molecule has 2 aliphatic heterocycles. The van der Waals surface area contributed by atoms with E-state index in [4.69, 9.17) is 9.47 Å². The Bertz CT molecular complexity index is 745. The minimum Gasteiger partial charge on any atom is -0.378 e. The van der Waals surface area contributed by atoms with Gasteiger partial charge in [0.25, 0.3) is 0 Å². The Morgan fingerprint density at radius 3 is 1.60 bits per heavy atom. The second kappa shape index (κ2) is 5.69. The maximum atomic E-state index is 5.90. The lowest BCUT2D eigenvalue weighted by atomic mass is 9.68. The summed E-state index contributed by atoms with van der Waals surface area (Å²) in [6, 6.07) is 14.0. The molecule has 2 heteroatoms.